The van der Waals surface area contributed by atoms with E-state index in [1.54, 1.807) is 18.2 Å². The van der Waals surface area contributed by atoms with E-state index in [0.717, 1.165) is 0 Å². The molecule has 0 bridgehead atoms. The highest BCUT2D eigenvalue weighted by molar-refractivity contribution is 5.41. The summed E-state index contributed by atoms with van der Waals surface area (Å²) >= 11 is 0. The Kier molecular flexibility index (Phi) is 5.06. The molecular weight excluding hydrogens is 220 g/mol. The summed E-state index contributed by atoms with van der Waals surface area (Å²) in [5, 5.41) is 10.8. The molecule has 1 atom stereocenters. The van der Waals surface area contributed by atoms with Gasteiger partial charge in [0.25, 0.3) is 5.69 Å². The predicted molar refractivity (Wildman–Crippen MR) is 65.4 cm³/mol. The van der Waals surface area contributed by atoms with Crippen molar-refractivity contribution in [1.82, 2.24) is 5.48 Å². The van der Waals surface area contributed by atoms with Gasteiger partial charge in [-0.15, -0.1) is 0 Å². The third kappa shape index (κ3) is 4.13. The number of nitrogens with one attached hydrogen (secondary N) is 1. The van der Waals surface area contributed by atoms with E-state index in [-0.39, 0.29) is 16.7 Å². The van der Waals surface area contributed by atoms with Gasteiger partial charge in [-0.1, -0.05) is 32.0 Å². The third-order valence-corrected chi connectivity index (χ3v) is 2.28. The van der Waals surface area contributed by atoms with Crippen LogP contribution in [0.2, 0.25) is 0 Å². The van der Waals surface area contributed by atoms with E-state index in [9.17, 15) is 10.1 Å². The van der Waals surface area contributed by atoms with Gasteiger partial charge in [0.2, 0.25) is 0 Å². The van der Waals surface area contributed by atoms with E-state index >= 15 is 0 Å². The minimum Gasteiger partial charge on any atom is -0.301 e. The molecule has 0 aliphatic heterocycles. The Balaban J connectivity index is 2.68. The molecule has 0 radical (unpaired) electrons. The number of rotatable bonds is 6. The largest absolute Gasteiger partial charge is 0.301 e. The lowest BCUT2D eigenvalue weighted by Crippen LogP contribution is -2.22. The van der Waals surface area contributed by atoms with Gasteiger partial charge in [-0.05, 0) is 12.8 Å². The van der Waals surface area contributed by atoms with E-state index in [0.29, 0.717) is 18.1 Å². The zero-order valence-corrected chi connectivity index (χ0v) is 10.3. The quantitative estimate of drug-likeness (QED) is 0.611. The molecule has 5 heteroatoms. The van der Waals surface area contributed by atoms with Crippen LogP contribution >= 0.6 is 0 Å². The van der Waals surface area contributed by atoms with Gasteiger partial charge >= 0.3 is 0 Å². The van der Waals surface area contributed by atoms with Gasteiger partial charge in [-0.2, -0.15) is 5.48 Å². The molecule has 94 valence electrons. The fourth-order valence-corrected chi connectivity index (χ4v) is 1.42. The molecule has 17 heavy (non-hydrogen) atoms. The number of hydroxylamine groups is 1. The van der Waals surface area contributed by atoms with Gasteiger partial charge in [0.05, 0.1) is 17.6 Å². The zero-order valence-electron chi connectivity index (χ0n) is 10.3. The summed E-state index contributed by atoms with van der Waals surface area (Å²) in [5.74, 6) is 0.417. The second kappa shape index (κ2) is 6.32. The Morgan fingerprint density at radius 1 is 1.35 bits per heavy atom. The summed E-state index contributed by atoms with van der Waals surface area (Å²) in [6.45, 7) is 6.49. The van der Waals surface area contributed by atoms with E-state index < -0.39 is 0 Å². The number of nitro benzene ring substituents is 1. The first-order valence-corrected chi connectivity index (χ1v) is 5.63. The Labute approximate surface area is 101 Å². The van der Waals surface area contributed by atoms with Gasteiger partial charge < -0.3 is 4.84 Å². The van der Waals surface area contributed by atoms with Crippen molar-refractivity contribution in [2.24, 2.45) is 5.92 Å². The molecule has 1 aromatic rings. The molecule has 0 fully saturated rings. The number of benzene rings is 1. The molecule has 0 aromatic heterocycles. The number of para-hydroxylation sites is 1. The lowest BCUT2D eigenvalue weighted by Gasteiger charge is -2.15. The average Bonchev–Trinajstić information content (AvgIpc) is 2.28. The van der Waals surface area contributed by atoms with E-state index in [2.05, 4.69) is 5.48 Å². The van der Waals surface area contributed by atoms with Crippen molar-refractivity contribution in [2.45, 2.75) is 26.8 Å². The maximum atomic E-state index is 10.8. The average molecular weight is 238 g/mol. The van der Waals surface area contributed by atoms with Crippen molar-refractivity contribution < 1.29 is 9.76 Å². The molecule has 0 aliphatic rings. The summed E-state index contributed by atoms with van der Waals surface area (Å²) in [6, 6.07) is 6.45. The van der Waals surface area contributed by atoms with Crippen LogP contribution in [0.25, 0.3) is 0 Å². The molecule has 1 N–H and O–H groups in total. The van der Waals surface area contributed by atoms with Crippen LogP contribution < -0.4 is 5.48 Å². The lowest BCUT2D eigenvalue weighted by atomic mass is 10.1. The SMILES string of the molecule is CC(C)CONC(C)c1ccccc1[N+](=O)[O-]. The van der Waals surface area contributed by atoms with Crippen LogP contribution in [0.15, 0.2) is 24.3 Å². The molecular formula is C12H18N2O3. The summed E-state index contributed by atoms with van der Waals surface area (Å²) in [7, 11) is 0. The smallest absolute Gasteiger partial charge is 0.274 e. The molecule has 0 saturated carbocycles. The minimum absolute atomic E-state index is 0.112. The van der Waals surface area contributed by atoms with E-state index in [1.807, 2.05) is 20.8 Å². The summed E-state index contributed by atoms with van der Waals surface area (Å²) in [5.41, 5.74) is 3.56. The van der Waals surface area contributed by atoms with Crippen LogP contribution in [0.1, 0.15) is 32.4 Å². The highest BCUT2D eigenvalue weighted by atomic mass is 16.6. The topological polar surface area (TPSA) is 64.4 Å². The van der Waals surface area contributed by atoms with Crippen LogP contribution in [0.3, 0.4) is 0 Å². The molecule has 0 aliphatic carbocycles. The fraction of sp³-hybridized carbons (Fsp3) is 0.500. The number of hydrogen-bond donors (Lipinski definition) is 1. The van der Waals surface area contributed by atoms with Crippen molar-refractivity contribution >= 4 is 5.69 Å². The predicted octanol–water partition coefficient (Wildman–Crippen LogP) is 2.83. The second-order valence-electron chi connectivity index (χ2n) is 4.36. The third-order valence-electron chi connectivity index (χ3n) is 2.28. The molecule has 0 saturated heterocycles. The first kappa shape index (κ1) is 13.6. The van der Waals surface area contributed by atoms with Gasteiger partial charge in [0.1, 0.15) is 0 Å². The Bertz CT molecular complexity index is 380. The minimum atomic E-state index is -0.379. The highest BCUT2D eigenvalue weighted by Crippen LogP contribution is 2.24. The van der Waals surface area contributed by atoms with Gasteiger partial charge in [-0.25, -0.2) is 0 Å². The van der Waals surface area contributed by atoms with Crippen LogP contribution in [0, 0.1) is 16.0 Å². The number of hydrogen-bond acceptors (Lipinski definition) is 4. The van der Waals surface area contributed by atoms with Crippen molar-refractivity contribution in [3.63, 3.8) is 0 Å². The lowest BCUT2D eigenvalue weighted by molar-refractivity contribution is -0.385. The summed E-state index contributed by atoms with van der Waals surface area (Å²) in [4.78, 5) is 15.7. The van der Waals surface area contributed by atoms with Crippen LogP contribution in [0.4, 0.5) is 5.69 Å². The molecule has 0 spiro atoms. The maximum Gasteiger partial charge on any atom is 0.274 e. The van der Waals surface area contributed by atoms with Crippen molar-refractivity contribution in [3.8, 4) is 0 Å². The van der Waals surface area contributed by atoms with Gasteiger partial charge in [0, 0.05) is 11.6 Å². The maximum absolute atomic E-state index is 10.8. The zero-order chi connectivity index (χ0) is 12.8. The highest BCUT2D eigenvalue weighted by Gasteiger charge is 2.17. The first-order chi connectivity index (χ1) is 8.02. The summed E-state index contributed by atoms with van der Waals surface area (Å²) < 4.78 is 0. The summed E-state index contributed by atoms with van der Waals surface area (Å²) in [6.07, 6.45) is 0. The van der Waals surface area contributed by atoms with Gasteiger partial charge in [-0.3, -0.25) is 10.1 Å². The van der Waals surface area contributed by atoms with Crippen LogP contribution in [-0.2, 0) is 4.84 Å². The van der Waals surface area contributed by atoms with Crippen molar-refractivity contribution in [3.05, 3.63) is 39.9 Å². The number of nitro groups is 1. The van der Waals surface area contributed by atoms with Crippen LogP contribution in [-0.4, -0.2) is 11.5 Å². The molecule has 1 aromatic carbocycles. The van der Waals surface area contributed by atoms with Crippen molar-refractivity contribution in [1.29, 1.82) is 0 Å². The standard InChI is InChI=1S/C12H18N2O3/c1-9(2)8-17-13-10(3)11-6-4-5-7-12(11)14(15)16/h4-7,9-10,13H,8H2,1-3H3. The molecule has 0 heterocycles. The molecule has 1 rings (SSSR count). The fourth-order valence-electron chi connectivity index (χ4n) is 1.42. The molecule has 5 nitrogen and oxygen atoms in total. The van der Waals surface area contributed by atoms with E-state index in [1.165, 1.54) is 6.07 Å². The first-order valence-electron chi connectivity index (χ1n) is 5.63. The van der Waals surface area contributed by atoms with Gasteiger partial charge in [0.15, 0.2) is 0 Å². The number of nitrogens with zero attached hydrogens (tertiary/aromatic N) is 1. The normalized spacial score (nSPS) is 12.7. The monoisotopic (exact) mass is 238 g/mol. The van der Waals surface area contributed by atoms with Crippen LogP contribution in [0.5, 0.6) is 0 Å². The molecule has 1 unspecified atom stereocenters. The van der Waals surface area contributed by atoms with E-state index in [4.69, 9.17) is 4.84 Å². The Morgan fingerprint density at radius 2 is 2.00 bits per heavy atom. The molecule has 0 amide bonds. The Morgan fingerprint density at radius 3 is 2.59 bits per heavy atom. The second-order valence-corrected chi connectivity index (χ2v) is 4.36. The Hall–Kier alpha value is -1.46. The van der Waals surface area contributed by atoms with Crippen molar-refractivity contribution in [2.75, 3.05) is 6.61 Å².